The van der Waals surface area contributed by atoms with E-state index in [1.54, 1.807) is 38.1 Å². The van der Waals surface area contributed by atoms with Gasteiger partial charge in [0.2, 0.25) is 0 Å². The molecule has 3 aromatic rings. The number of amides is 2. The smallest absolute Gasteiger partial charge is 0.341 e. The summed E-state index contributed by atoms with van der Waals surface area (Å²) in [5.41, 5.74) is 1.18. The molecule has 0 spiro atoms. The van der Waals surface area contributed by atoms with E-state index in [4.69, 9.17) is 32.7 Å². The Labute approximate surface area is 204 Å². The van der Waals surface area contributed by atoms with Crippen LogP contribution in [0.4, 0.5) is 10.7 Å². The Morgan fingerprint density at radius 3 is 2.45 bits per heavy atom. The minimum atomic E-state index is -0.649. The van der Waals surface area contributed by atoms with Crippen LogP contribution in [0.3, 0.4) is 0 Å². The lowest BCUT2D eigenvalue weighted by molar-refractivity contribution is 0.0527. The van der Waals surface area contributed by atoms with Crippen molar-refractivity contribution in [1.29, 1.82) is 0 Å². The lowest BCUT2D eigenvalue weighted by Gasteiger charge is -2.08. The molecule has 0 aliphatic carbocycles. The summed E-state index contributed by atoms with van der Waals surface area (Å²) in [5.74, 6) is -1.07. The van der Waals surface area contributed by atoms with Crippen LogP contribution in [-0.4, -0.2) is 31.5 Å². The number of halogens is 2. The lowest BCUT2D eigenvalue weighted by atomic mass is 10.1. The second-order valence-corrected chi connectivity index (χ2v) is 8.61. The maximum absolute atomic E-state index is 13.0. The maximum atomic E-state index is 13.0. The van der Waals surface area contributed by atoms with Crippen LogP contribution in [0.5, 0.6) is 5.75 Å². The molecule has 1 aromatic heterocycles. The Balaban J connectivity index is 1.95. The number of rotatable bonds is 7. The van der Waals surface area contributed by atoms with Gasteiger partial charge in [-0.25, -0.2) is 4.79 Å². The van der Waals surface area contributed by atoms with Crippen LogP contribution in [0.1, 0.15) is 42.9 Å². The minimum Gasteiger partial charge on any atom is -0.497 e. The molecule has 0 saturated carbocycles. The predicted octanol–water partition coefficient (Wildman–Crippen LogP) is 6.05. The van der Waals surface area contributed by atoms with Crippen molar-refractivity contribution in [2.45, 2.75) is 13.8 Å². The van der Waals surface area contributed by atoms with Crippen molar-refractivity contribution >= 4 is 63.0 Å². The Kier molecular flexibility index (Phi) is 7.97. The summed E-state index contributed by atoms with van der Waals surface area (Å²) in [7, 11) is 1.53. The second kappa shape index (κ2) is 10.7. The number of hydrogen-bond acceptors (Lipinski definition) is 6. The molecule has 7 nitrogen and oxygen atoms in total. The summed E-state index contributed by atoms with van der Waals surface area (Å²) in [5, 5.41) is 6.17. The highest BCUT2D eigenvalue weighted by Gasteiger charge is 2.27. The molecule has 0 aliphatic rings. The summed E-state index contributed by atoms with van der Waals surface area (Å²) in [4.78, 5) is 38.7. The van der Waals surface area contributed by atoms with Crippen LogP contribution >= 0.6 is 34.5 Å². The van der Waals surface area contributed by atoms with Gasteiger partial charge in [0.25, 0.3) is 11.8 Å². The van der Waals surface area contributed by atoms with Gasteiger partial charge < -0.3 is 20.1 Å². The molecule has 172 valence electrons. The molecule has 0 unspecified atom stereocenters. The summed E-state index contributed by atoms with van der Waals surface area (Å²) in [6.07, 6.45) is 0. The largest absolute Gasteiger partial charge is 0.497 e. The average molecular weight is 507 g/mol. The van der Waals surface area contributed by atoms with Gasteiger partial charge in [-0.05, 0) is 49.7 Å². The van der Waals surface area contributed by atoms with Gasteiger partial charge in [-0.15, -0.1) is 11.3 Å². The van der Waals surface area contributed by atoms with Gasteiger partial charge in [-0.1, -0.05) is 29.3 Å². The Hall–Kier alpha value is -3.07. The molecule has 0 atom stereocenters. The average Bonchev–Trinajstić information content (AvgIpc) is 3.09. The topological polar surface area (TPSA) is 93.7 Å². The number of benzene rings is 2. The van der Waals surface area contributed by atoms with Gasteiger partial charge in [0.05, 0.1) is 34.7 Å². The highest BCUT2D eigenvalue weighted by molar-refractivity contribution is 7.19. The molecule has 0 bridgehead atoms. The third-order valence-electron chi connectivity index (χ3n) is 4.56. The zero-order valence-electron chi connectivity index (χ0n) is 18.0. The van der Waals surface area contributed by atoms with Gasteiger partial charge in [-0.3, -0.25) is 9.59 Å². The first-order valence-corrected chi connectivity index (χ1v) is 11.3. The maximum Gasteiger partial charge on any atom is 0.341 e. The van der Waals surface area contributed by atoms with Gasteiger partial charge in [-0.2, -0.15) is 0 Å². The molecule has 2 N–H and O–H groups in total. The molecule has 33 heavy (non-hydrogen) atoms. The number of nitrogens with one attached hydrogen (secondary N) is 2. The van der Waals surface area contributed by atoms with E-state index in [2.05, 4.69) is 10.6 Å². The van der Waals surface area contributed by atoms with E-state index in [0.29, 0.717) is 22.0 Å². The summed E-state index contributed by atoms with van der Waals surface area (Å²) < 4.78 is 10.3. The molecule has 2 aromatic carbocycles. The first-order valence-electron chi connectivity index (χ1n) is 9.77. The summed E-state index contributed by atoms with van der Waals surface area (Å²) in [6, 6.07) is 11.3. The fourth-order valence-corrected chi connectivity index (χ4v) is 4.58. The molecule has 10 heteroatoms. The first kappa shape index (κ1) is 24.6. The third kappa shape index (κ3) is 5.65. The highest BCUT2D eigenvalue weighted by atomic mass is 35.5. The van der Waals surface area contributed by atoms with E-state index >= 15 is 0 Å². The van der Waals surface area contributed by atoms with E-state index in [9.17, 15) is 14.4 Å². The van der Waals surface area contributed by atoms with Crippen molar-refractivity contribution in [2.75, 3.05) is 24.4 Å². The molecule has 1 heterocycles. The van der Waals surface area contributed by atoms with E-state index in [0.717, 1.165) is 11.3 Å². The zero-order chi connectivity index (χ0) is 24.1. The highest BCUT2D eigenvalue weighted by Crippen LogP contribution is 2.35. The molecule has 0 fully saturated rings. The van der Waals surface area contributed by atoms with Gasteiger partial charge in [0.1, 0.15) is 10.8 Å². The number of methoxy groups -OCH3 is 1. The second-order valence-electron chi connectivity index (χ2n) is 6.75. The monoisotopic (exact) mass is 506 g/mol. The number of ether oxygens (including phenoxy) is 2. The van der Waals surface area contributed by atoms with Crippen molar-refractivity contribution in [2.24, 2.45) is 0 Å². The summed E-state index contributed by atoms with van der Waals surface area (Å²) >= 11 is 13.0. The zero-order valence-corrected chi connectivity index (χ0v) is 20.3. The van der Waals surface area contributed by atoms with Crippen molar-refractivity contribution < 1.29 is 23.9 Å². The van der Waals surface area contributed by atoms with Crippen molar-refractivity contribution in [1.82, 2.24) is 0 Å². The fourth-order valence-electron chi connectivity index (χ4n) is 3.00. The number of thiophene rings is 1. The third-order valence-corrected chi connectivity index (χ3v) is 6.32. The quantitative estimate of drug-likeness (QED) is 0.380. The number of carbonyl (C=O) groups excluding carboxylic acids is 3. The first-order chi connectivity index (χ1) is 15.7. The van der Waals surface area contributed by atoms with Crippen LogP contribution in [-0.2, 0) is 4.74 Å². The van der Waals surface area contributed by atoms with Gasteiger partial charge in [0.15, 0.2) is 0 Å². The van der Waals surface area contributed by atoms with Crippen LogP contribution in [0.15, 0.2) is 42.5 Å². The fraction of sp³-hybridized carbons (Fsp3) is 0.174. The number of carbonyl (C=O) groups is 3. The number of hydrogen-bond donors (Lipinski definition) is 2. The molecule has 3 rings (SSSR count). The number of esters is 1. The number of anilines is 2. The standard InChI is InChI=1S/C23H20Cl2N2O5S/c1-4-32-23(30)18-12(2)19(21(29)26-14-6-5-7-15(11-14)31-3)33-22(18)27-20(28)16-9-8-13(24)10-17(16)25/h5-11H,4H2,1-3H3,(H,26,29)(H,27,28). The van der Waals surface area contributed by atoms with Gasteiger partial charge in [0, 0.05) is 16.8 Å². The molecule has 2 amide bonds. The van der Waals surface area contributed by atoms with Crippen LogP contribution in [0, 0.1) is 6.92 Å². The Bertz CT molecular complexity index is 1230. The molecular weight excluding hydrogens is 487 g/mol. The Morgan fingerprint density at radius 1 is 1.03 bits per heavy atom. The van der Waals surface area contributed by atoms with E-state index in [-0.39, 0.29) is 32.6 Å². The summed E-state index contributed by atoms with van der Waals surface area (Å²) in [6.45, 7) is 3.42. The lowest BCUT2D eigenvalue weighted by Crippen LogP contribution is -2.15. The molecule has 0 aliphatic heterocycles. The normalized spacial score (nSPS) is 10.5. The molecular formula is C23H20Cl2N2O5S. The van der Waals surface area contributed by atoms with Crippen molar-refractivity contribution in [3.63, 3.8) is 0 Å². The van der Waals surface area contributed by atoms with Crippen LogP contribution in [0.2, 0.25) is 10.0 Å². The van der Waals surface area contributed by atoms with Crippen molar-refractivity contribution in [3.05, 3.63) is 74.1 Å². The SMILES string of the molecule is CCOC(=O)c1c(NC(=O)c2ccc(Cl)cc2Cl)sc(C(=O)Nc2cccc(OC)c2)c1C. The van der Waals surface area contributed by atoms with Crippen LogP contribution in [0.25, 0.3) is 0 Å². The van der Waals surface area contributed by atoms with Crippen molar-refractivity contribution in [3.8, 4) is 5.75 Å². The van der Waals surface area contributed by atoms with E-state index in [1.165, 1.54) is 25.3 Å². The van der Waals surface area contributed by atoms with Gasteiger partial charge >= 0.3 is 5.97 Å². The van der Waals surface area contributed by atoms with E-state index < -0.39 is 17.8 Å². The minimum absolute atomic E-state index is 0.107. The molecule has 0 saturated heterocycles. The molecule has 0 radical (unpaired) electrons. The predicted molar refractivity (Wildman–Crippen MR) is 130 cm³/mol. The van der Waals surface area contributed by atoms with E-state index in [1.807, 2.05) is 0 Å². The Morgan fingerprint density at radius 2 is 1.79 bits per heavy atom. The van der Waals surface area contributed by atoms with Crippen LogP contribution < -0.4 is 15.4 Å².